The van der Waals surface area contributed by atoms with E-state index in [0.29, 0.717) is 32.3 Å². The number of anilines is 2. The Kier molecular flexibility index (Phi) is 6.91. The summed E-state index contributed by atoms with van der Waals surface area (Å²) in [6, 6.07) is 2.15. The van der Waals surface area contributed by atoms with Crippen LogP contribution in [0.3, 0.4) is 0 Å². The lowest BCUT2D eigenvalue weighted by Crippen LogP contribution is -2.47. The summed E-state index contributed by atoms with van der Waals surface area (Å²) in [6.07, 6.45) is 4.90. The maximum Gasteiger partial charge on any atom is 0.222 e. The van der Waals surface area contributed by atoms with Crippen LogP contribution in [-0.4, -0.2) is 98.4 Å². The second-order valence-electron chi connectivity index (χ2n) is 8.94. The Morgan fingerprint density at radius 3 is 2.40 bits per heavy atom. The molecule has 0 amide bonds. The minimum atomic E-state index is -3.13. The van der Waals surface area contributed by atoms with Crippen molar-refractivity contribution in [3.05, 3.63) is 28.9 Å². The molecule has 2 fully saturated rings. The van der Waals surface area contributed by atoms with Crippen LogP contribution >= 0.6 is 11.3 Å². The van der Waals surface area contributed by atoms with Gasteiger partial charge in [0.15, 0.2) is 0 Å². The van der Waals surface area contributed by atoms with Crippen molar-refractivity contribution in [3.63, 3.8) is 0 Å². The number of piperazine rings is 1. The van der Waals surface area contributed by atoms with Gasteiger partial charge in [0.05, 0.1) is 29.9 Å². The van der Waals surface area contributed by atoms with Gasteiger partial charge < -0.3 is 15.0 Å². The monoisotopic (exact) mass is 517 g/mol. The highest BCUT2D eigenvalue weighted by atomic mass is 32.2. The second kappa shape index (κ2) is 9.94. The summed E-state index contributed by atoms with van der Waals surface area (Å²) in [5, 5.41) is 4.15. The number of rotatable bonds is 6. The topological polar surface area (TPSA) is 104 Å². The van der Waals surface area contributed by atoms with E-state index in [1.165, 1.54) is 26.8 Å². The first-order chi connectivity index (χ1) is 16.8. The highest BCUT2D eigenvalue weighted by molar-refractivity contribution is 7.88. The molecule has 2 aliphatic rings. The van der Waals surface area contributed by atoms with Crippen LogP contribution in [-0.2, 0) is 21.3 Å². The molecule has 0 saturated carbocycles. The van der Waals surface area contributed by atoms with Gasteiger partial charge in [-0.25, -0.2) is 23.4 Å². The smallest absolute Gasteiger partial charge is 0.222 e. The molecule has 0 aromatic carbocycles. The molecule has 2 saturated heterocycles. The summed E-state index contributed by atoms with van der Waals surface area (Å²) < 4.78 is 32.1. The molecule has 1 N–H and O–H groups in total. The van der Waals surface area contributed by atoms with Crippen LogP contribution in [0.5, 0.6) is 0 Å². The predicted octanol–water partition coefficient (Wildman–Crippen LogP) is 2.02. The fraction of sp³-hybridized carbons (Fsp3) is 0.522. The summed E-state index contributed by atoms with van der Waals surface area (Å²) in [5.74, 6) is 1.56. The van der Waals surface area contributed by atoms with E-state index < -0.39 is 10.0 Å². The highest BCUT2D eigenvalue weighted by Gasteiger charge is 2.26. The number of hydrogen-bond acceptors (Lipinski definition) is 10. The highest BCUT2D eigenvalue weighted by Crippen LogP contribution is 2.39. The molecule has 10 nitrogen and oxygen atoms in total. The molecule has 3 aromatic rings. The number of sulfonamides is 1. The van der Waals surface area contributed by atoms with Gasteiger partial charge >= 0.3 is 0 Å². The number of nitrogens with zero attached hydrogens (tertiary/aromatic N) is 6. The molecule has 0 spiro atoms. The average Bonchev–Trinajstić information content (AvgIpc) is 3.19. The fourth-order valence-corrected chi connectivity index (χ4v) is 6.72. The quantitative estimate of drug-likeness (QED) is 0.526. The number of pyridine rings is 1. The third-order valence-corrected chi connectivity index (χ3v) is 9.24. The average molecular weight is 518 g/mol. The molecule has 0 bridgehead atoms. The van der Waals surface area contributed by atoms with Gasteiger partial charge in [-0.05, 0) is 18.6 Å². The van der Waals surface area contributed by atoms with Gasteiger partial charge in [0.25, 0.3) is 0 Å². The molecular weight excluding hydrogens is 486 g/mol. The lowest BCUT2D eigenvalue weighted by molar-refractivity contribution is 0.122. The first-order valence-corrected chi connectivity index (χ1v) is 14.4. The largest absolute Gasteiger partial charge is 0.378 e. The van der Waals surface area contributed by atoms with E-state index in [1.807, 2.05) is 0 Å². The zero-order valence-electron chi connectivity index (χ0n) is 20.3. The van der Waals surface area contributed by atoms with E-state index in [4.69, 9.17) is 9.72 Å². The fourth-order valence-electron chi connectivity index (χ4n) is 4.55. The Bertz CT molecular complexity index is 1300. The van der Waals surface area contributed by atoms with E-state index in [2.05, 4.69) is 38.1 Å². The van der Waals surface area contributed by atoms with Crippen molar-refractivity contribution in [1.82, 2.24) is 24.2 Å². The van der Waals surface area contributed by atoms with E-state index in [1.54, 1.807) is 35.1 Å². The lowest BCUT2D eigenvalue weighted by Gasteiger charge is -2.33. The standard InChI is InChI=1S/C23H31N7O3S2/c1-16-18-12-19(17-13-25-23(24-2)26-14-17)27-22(29-8-10-33-11-9-29)21(18)34-20(16)15-28-4-6-30(7-5-28)35(3,31)32/h12-14H,4-11,15H2,1-3H3,(H,24,25,26). The van der Waals surface area contributed by atoms with Crippen LogP contribution in [0.2, 0.25) is 0 Å². The molecule has 2 aliphatic heterocycles. The van der Waals surface area contributed by atoms with Crippen LogP contribution in [0.4, 0.5) is 11.8 Å². The number of ether oxygens (including phenoxy) is 1. The van der Waals surface area contributed by atoms with Crippen molar-refractivity contribution in [2.75, 3.05) is 76.0 Å². The van der Waals surface area contributed by atoms with Crippen LogP contribution < -0.4 is 10.2 Å². The summed E-state index contributed by atoms with van der Waals surface area (Å²) >= 11 is 1.79. The molecule has 5 rings (SSSR count). The molecule has 0 atom stereocenters. The summed E-state index contributed by atoms with van der Waals surface area (Å²) in [5.41, 5.74) is 2.99. The Hall–Kier alpha value is -2.38. The van der Waals surface area contributed by atoms with Crippen LogP contribution in [0.15, 0.2) is 18.5 Å². The number of fused-ring (bicyclic) bond motifs is 1. The Labute approximate surface area is 210 Å². The third-order valence-electron chi connectivity index (χ3n) is 6.65. The molecule has 12 heteroatoms. The summed E-state index contributed by atoms with van der Waals surface area (Å²) in [4.78, 5) is 19.8. The SMILES string of the molecule is CNc1ncc(-c2cc3c(C)c(CN4CCN(S(C)(=O)=O)CC4)sc3c(N3CCOCC3)n2)cn1. The third kappa shape index (κ3) is 5.12. The van der Waals surface area contributed by atoms with Gasteiger partial charge in [-0.2, -0.15) is 4.31 Å². The maximum atomic E-state index is 11.9. The van der Waals surface area contributed by atoms with Crippen molar-refractivity contribution < 1.29 is 13.2 Å². The normalized spacial score (nSPS) is 18.3. The number of hydrogen-bond donors (Lipinski definition) is 1. The Morgan fingerprint density at radius 2 is 1.77 bits per heavy atom. The first-order valence-electron chi connectivity index (χ1n) is 11.8. The Morgan fingerprint density at radius 1 is 1.09 bits per heavy atom. The van der Waals surface area contributed by atoms with Gasteiger partial charge in [0, 0.05) is 81.1 Å². The number of morpholine rings is 1. The van der Waals surface area contributed by atoms with Gasteiger partial charge in [0.1, 0.15) is 5.82 Å². The number of aryl methyl sites for hydroxylation is 1. The van der Waals surface area contributed by atoms with E-state index in [9.17, 15) is 8.42 Å². The van der Waals surface area contributed by atoms with Gasteiger partial charge in [0.2, 0.25) is 16.0 Å². The Balaban J connectivity index is 1.49. The summed E-state index contributed by atoms with van der Waals surface area (Å²) in [7, 11) is -1.33. The molecule has 0 aliphatic carbocycles. The maximum absolute atomic E-state index is 11.9. The molecule has 3 aromatic heterocycles. The van der Waals surface area contributed by atoms with Crippen molar-refractivity contribution >= 4 is 43.2 Å². The van der Waals surface area contributed by atoms with E-state index >= 15 is 0 Å². The van der Waals surface area contributed by atoms with Crippen molar-refractivity contribution in [2.45, 2.75) is 13.5 Å². The number of nitrogens with one attached hydrogen (secondary N) is 1. The molecular formula is C23H31N7O3S2. The van der Waals surface area contributed by atoms with Crippen LogP contribution in [0, 0.1) is 6.92 Å². The van der Waals surface area contributed by atoms with Gasteiger partial charge in [-0.15, -0.1) is 11.3 Å². The zero-order chi connectivity index (χ0) is 24.6. The summed E-state index contributed by atoms with van der Waals surface area (Å²) in [6.45, 7) is 8.51. The molecule has 35 heavy (non-hydrogen) atoms. The first kappa shape index (κ1) is 24.3. The van der Waals surface area contributed by atoms with E-state index in [-0.39, 0.29) is 0 Å². The van der Waals surface area contributed by atoms with Crippen LogP contribution in [0.25, 0.3) is 21.3 Å². The number of thiophene rings is 1. The molecule has 0 radical (unpaired) electrons. The van der Waals surface area contributed by atoms with Crippen molar-refractivity contribution in [3.8, 4) is 11.3 Å². The van der Waals surface area contributed by atoms with Crippen molar-refractivity contribution in [2.24, 2.45) is 0 Å². The molecule has 0 unspecified atom stereocenters. The zero-order valence-corrected chi connectivity index (χ0v) is 22.0. The van der Waals surface area contributed by atoms with Gasteiger partial charge in [-0.1, -0.05) is 0 Å². The van der Waals surface area contributed by atoms with Crippen molar-refractivity contribution in [1.29, 1.82) is 0 Å². The molecule has 188 valence electrons. The van der Waals surface area contributed by atoms with E-state index in [0.717, 1.165) is 49.8 Å². The second-order valence-corrected chi connectivity index (χ2v) is 12.0. The lowest BCUT2D eigenvalue weighted by atomic mass is 10.1. The minimum absolute atomic E-state index is 0.538. The van der Waals surface area contributed by atoms with Gasteiger partial charge in [-0.3, -0.25) is 4.90 Å². The minimum Gasteiger partial charge on any atom is -0.378 e. The van der Waals surface area contributed by atoms with Crippen LogP contribution in [0.1, 0.15) is 10.4 Å². The predicted molar refractivity (Wildman–Crippen MR) is 140 cm³/mol. The molecule has 5 heterocycles. The number of aromatic nitrogens is 3.